The minimum absolute atomic E-state index is 0.00886. The summed E-state index contributed by atoms with van der Waals surface area (Å²) >= 11 is 0. The van der Waals surface area contributed by atoms with E-state index in [9.17, 15) is 24.3 Å². The van der Waals surface area contributed by atoms with Gasteiger partial charge in [0.1, 0.15) is 19.3 Å². The summed E-state index contributed by atoms with van der Waals surface area (Å²) in [5.74, 6) is -1.72. The minimum Gasteiger partial charge on any atom is -0.462 e. The SMILES string of the molecule is O=C(CC1CC=CCC(NC(=O)OCc2ccccc2)C(=O)OCC2(CCCC2)NC1=O)NC1(CO)CCCC1. The molecule has 1 aromatic rings. The molecule has 2 saturated carbocycles. The summed E-state index contributed by atoms with van der Waals surface area (Å²) in [7, 11) is 0. The van der Waals surface area contributed by atoms with Gasteiger partial charge in [0.25, 0.3) is 0 Å². The number of amides is 3. The molecular formula is C30H41N3O7. The molecule has 40 heavy (non-hydrogen) atoms. The highest BCUT2D eigenvalue weighted by atomic mass is 16.6. The molecular weight excluding hydrogens is 514 g/mol. The van der Waals surface area contributed by atoms with Crippen molar-refractivity contribution in [3.63, 3.8) is 0 Å². The predicted octanol–water partition coefficient (Wildman–Crippen LogP) is 3.03. The molecule has 218 valence electrons. The number of alkyl carbamates (subject to hydrolysis) is 1. The fourth-order valence-corrected chi connectivity index (χ4v) is 5.87. The van der Waals surface area contributed by atoms with Gasteiger partial charge in [-0.25, -0.2) is 9.59 Å². The summed E-state index contributed by atoms with van der Waals surface area (Å²) in [6, 6.07) is 8.28. The zero-order valence-corrected chi connectivity index (χ0v) is 23.0. The molecule has 2 aliphatic carbocycles. The maximum atomic E-state index is 13.4. The first-order chi connectivity index (χ1) is 19.3. The number of cyclic esters (lactones) is 1. The Kier molecular flexibility index (Phi) is 10.2. The van der Waals surface area contributed by atoms with Crippen LogP contribution in [0.4, 0.5) is 4.79 Å². The van der Waals surface area contributed by atoms with Crippen LogP contribution in [0.3, 0.4) is 0 Å². The maximum absolute atomic E-state index is 13.4. The third-order valence-corrected chi connectivity index (χ3v) is 8.26. The van der Waals surface area contributed by atoms with Gasteiger partial charge in [-0.15, -0.1) is 0 Å². The smallest absolute Gasteiger partial charge is 0.408 e. The molecule has 10 nitrogen and oxygen atoms in total. The molecule has 4 rings (SSSR count). The van der Waals surface area contributed by atoms with Gasteiger partial charge in [-0.05, 0) is 44.1 Å². The Labute approximate surface area is 235 Å². The van der Waals surface area contributed by atoms with Crippen LogP contribution in [0.1, 0.15) is 76.2 Å². The van der Waals surface area contributed by atoms with Gasteiger partial charge in [-0.2, -0.15) is 0 Å². The molecule has 0 radical (unpaired) electrons. The average molecular weight is 556 g/mol. The van der Waals surface area contributed by atoms with E-state index in [1.807, 2.05) is 30.3 Å². The lowest BCUT2D eigenvalue weighted by Crippen LogP contribution is -2.54. The van der Waals surface area contributed by atoms with Gasteiger partial charge in [0.2, 0.25) is 11.8 Å². The van der Waals surface area contributed by atoms with E-state index in [1.165, 1.54) is 0 Å². The third-order valence-electron chi connectivity index (χ3n) is 8.26. The standard InChI is InChI=1S/C30H41N3O7/c34-20-29(14-6-7-15-29)32-25(35)18-23-12-4-5-13-24(31-28(38)39-19-22-10-2-1-3-11-22)27(37)40-21-30(33-26(23)36)16-8-9-17-30/h1-5,10-11,23-24,34H,6-9,12-21H2,(H,31,38)(H,32,35)(H,33,36). The Hall–Kier alpha value is -3.40. The fourth-order valence-electron chi connectivity index (χ4n) is 5.87. The molecule has 2 fully saturated rings. The minimum atomic E-state index is -0.957. The number of hydrogen-bond acceptors (Lipinski definition) is 7. The lowest BCUT2D eigenvalue weighted by Gasteiger charge is -2.33. The topological polar surface area (TPSA) is 143 Å². The van der Waals surface area contributed by atoms with Gasteiger partial charge in [-0.3, -0.25) is 9.59 Å². The van der Waals surface area contributed by atoms with Crippen LogP contribution in [-0.4, -0.2) is 59.3 Å². The molecule has 2 atom stereocenters. The second-order valence-corrected chi connectivity index (χ2v) is 11.4. The van der Waals surface area contributed by atoms with Crippen molar-refractivity contribution in [2.45, 2.75) is 94.4 Å². The van der Waals surface area contributed by atoms with Gasteiger partial charge >= 0.3 is 12.1 Å². The van der Waals surface area contributed by atoms with Crippen LogP contribution in [-0.2, 0) is 30.5 Å². The van der Waals surface area contributed by atoms with Crippen molar-refractivity contribution < 1.29 is 33.8 Å². The van der Waals surface area contributed by atoms with E-state index in [0.717, 1.165) is 44.1 Å². The summed E-state index contributed by atoms with van der Waals surface area (Å²) in [5, 5.41) is 18.6. The van der Waals surface area contributed by atoms with E-state index in [1.54, 1.807) is 12.2 Å². The highest BCUT2D eigenvalue weighted by molar-refractivity contribution is 5.87. The molecule has 4 N–H and O–H groups in total. The van der Waals surface area contributed by atoms with Crippen LogP contribution in [0, 0.1) is 5.92 Å². The first-order valence-corrected chi connectivity index (χ1v) is 14.3. The number of allylic oxidation sites excluding steroid dienone is 1. The van der Waals surface area contributed by atoms with Crippen molar-refractivity contribution in [2.75, 3.05) is 13.2 Å². The van der Waals surface area contributed by atoms with Gasteiger partial charge in [0.05, 0.1) is 23.6 Å². The zero-order chi connectivity index (χ0) is 28.4. The maximum Gasteiger partial charge on any atom is 0.408 e. The number of benzene rings is 1. The first kappa shape index (κ1) is 29.6. The lowest BCUT2D eigenvalue weighted by atomic mass is 9.92. The number of hydrogen-bond donors (Lipinski definition) is 4. The van der Waals surface area contributed by atoms with Crippen LogP contribution in [0.2, 0.25) is 0 Å². The van der Waals surface area contributed by atoms with E-state index < -0.39 is 35.1 Å². The van der Waals surface area contributed by atoms with Crippen LogP contribution < -0.4 is 16.0 Å². The number of ether oxygens (including phenoxy) is 2. The molecule has 0 saturated heterocycles. The Morgan fingerprint density at radius 3 is 2.38 bits per heavy atom. The fraction of sp³-hybridized carbons (Fsp3) is 0.600. The number of aliphatic hydroxyl groups excluding tert-OH is 1. The number of carbonyl (C=O) groups excluding carboxylic acids is 4. The van der Waals surface area contributed by atoms with Crippen molar-refractivity contribution >= 4 is 23.9 Å². The summed E-state index contributed by atoms with van der Waals surface area (Å²) in [6.45, 7) is -0.0576. The van der Waals surface area contributed by atoms with E-state index in [0.29, 0.717) is 19.3 Å². The van der Waals surface area contributed by atoms with Crippen molar-refractivity contribution in [1.82, 2.24) is 16.0 Å². The Morgan fingerprint density at radius 2 is 1.68 bits per heavy atom. The number of aliphatic hydroxyl groups is 1. The quantitative estimate of drug-likeness (QED) is 0.299. The molecule has 1 spiro atoms. The van der Waals surface area contributed by atoms with Crippen molar-refractivity contribution in [1.29, 1.82) is 0 Å². The van der Waals surface area contributed by atoms with Gasteiger partial charge < -0.3 is 30.5 Å². The summed E-state index contributed by atoms with van der Waals surface area (Å²) in [4.78, 5) is 51.9. The molecule has 10 heteroatoms. The van der Waals surface area contributed by atoms with E-state index in [-0.39, 0.29) is 44.5 Å². The summed E-state index contributed by atoms with van der Waals surface area (Å²) in [5.41, 5.74) is -0.491. The lowest BCUT2D eigenvalue weighted by molar-refractivity contribution is -0.149. The van der Waals surface area contributed by atoms with Crippen molar-refractivity contribution in [3.8, 4) is 0 Å². The highest BCUT2D eigenvalue weighted by Crippen LogP contribution is 2.32. The van der Waals surface area contributed by atoms with E-state index in [4.69, 9.17) is 9.47 Å². The molecule has 2 unspecified atom stereocenters. The molecule has 1 aromatic carbocycles. The highest BCUT2D eigenvalue weighted by Gasteiger charge is 2.40. The molecule has 0 bridgehead atoms. The van der Waals surface area contributed by atoms with Crippen molar-refractivity contribution in [3.05, 3.63) is 48.0 Å². The van der Waals surface area contributed by atoms with Crippen LogP contribution in [0.5, 0.6) is 0 Å². The van der Waals surface area contributed by atoms with E-state index >= 15 is 0 Å². The Balaban J connectivity index is 1.43. The van der Waals surface area contributed by atoms with Crippen LogP contribution in [0.25, 0.3) is 0 Å². The number of esters is 1. The number of carbonyl (C=O) groups is 4. The monoisotopic (exact) mass is 555 g/mol. The molecule has 0 aromatic heterocycles. The van der Waals surface area contributed by atoms with Crippen LogP contribution >= 0.6 is 0 Å². The number of nitrogens with one attached hydrogen (secondary N) is 3. The third kappa shape index (κ3) is 8.06. The second kappa shape index (κ2) is 13.8. The normalized spacial score (nSPS) is 24.3. The molecule has 3 aliphatic rings. The van der Waals surface area contributed by atoms with Gasteiger partial charge in [0, 0.05) is 6.42 Å². The molecule has 3 amide bonds. The Bertz CT molecular complexity index is 1060. The van der Waals surface area contributed by atoms with Crippen molar-refractivity contribution in [2.24, 2.45) is 5.92 Å². The summed E-state index contributed by atoms with van der Waals surface area (Å²) in [6.07, 6.45) is 9.61. The molecule has 1 aliphatic heterocycles. The first-order valence-electron chi connectivity index (χ1n) is 14.3. The zero-order valence-electron chi connectivity index (χ0n) is 23.0. The van der Waals surface area contributed by atoms with Gasteiger partial charge in [0.15, 0.2) is 0 Å². The van der Waals surface area contributed by atoms with Crippen LogP contribution in [0.15, 0.2) is 42.5 Å². The second-order valence-electron chi connectivity index (χ2n) is 11.4. The number of rotatable bonds is 7. The van der Waals surface area contributed by atoms with E-state index in [2.05, 4.69) is 16.0 Å². The van der Waals surface area contributed by atoms with Gasteiger partial charge in [-0.1, -0.05) is 68.2 Å². The summed E-state index contributed by atoms with van der Waals surface area (Å²) < 4.78 is 10.9. The average Bonchev–Trinajstić information content (AvgIpc) is 3.62. The largest absolute Gasteiger partial charge is 0.462 e. The molecule has 1 heterocycles. The predicted molar refractivity (Wildman–Crippen MR) is 147 cm³/mol. The Morgan fingerprint density at radius 1 is 1.00 bits per heavy atom.